The Balaban J connectivity index is 1.52. The molecule has 1 amide bonds. The van der Waals surface area contributed by atoms with Gasteiger partial charge in [-0.3, -0.25) is 4.79 Å². The van der Waals surface area contributed by atoms with Crippen molar-refractivity contribution in [2.45, 2.75) is 13.3 Å². The van der Waals surface area contributed by atoms with Crippen LogP contribution in [-0.4, -0.2) is 68.8 Å². The Kier molecular flexibility index (Phi) is 2.91. The van der Waals surface area contributed by atoms with Gasteiger partial charge in [-0.25, -0.2) is 18.9 Å². The van der Waals surface area contributed by atoms with E-state index >= 15 is 4.39 Å². The van der Waals surface area contributed by atoms with Crippen LogP contribution in [0.5, 0.6) is 0 Å². The van der Waals surface area contributed by atoms with Gasteiger partial charge in [0.2, 0.25) is 5.91 Å². The van der Waals surface area contributed by atoms with E-state index in [1.165, 1.54) is 6.07 Å². The highest BCUT2D eigenvalue weighted by Crippen LogP contribution is 2.38. The Morgan fingerprint density at radius 1 is 1.34 bits per heavy atom. The number of nitrogens with zero attached hydrogens (tertiary/aromatic N) is 7. The van der Waals surface area contributed by atoms with Crippen molar-refractivity contribution in [2.75, 3.05) is 48.6 Å². The van der Waals surface area contributed by atoms with Gasteiger partial charge in [-0.2, -0.15) is 0 Å². The summed E-state index contributed by atoms with van der Waals surface area (Å²) in [7, 11) is 0. The molecule has 0 unspecified atom stereocenters. The van der Waals surface area contributed by atoms with Crippen LogP contribution in [0.3, 0.4) is 0 Å². The second-order valence-corrected chi connectivity index (χ2v) is 7.97. The van der Waals surface area contributed by atoms with E-state index in [1.54, 1.807) is 0 Å². The van der Waals surface area contributed by atoms with Crippen LogP contribution in [0.2, 0.25) is 0 Å². The minimum atomic E-state index is -3.47. The lowest BCUT2D eigenvalue weighted by atomic mass is 10.1. The summed E-state index contributed by atoms with van der Waals surface area (Å²) in [6.07, 6.45) is 0.920. The summed E-state index contributed by atoms with van der Waals surface area (Å²) in [5.41, 5.74) is -1.61. The summed E-state index contributed by atoms with van der Waals surface area (Å²) >= 11 is 0. The van der Waals surface area contributed by atoms with Crippen LogP contribution >= 0.6 is 0 Å². The maximum Gasteiger partial charge on any atom is 0.228 e. The molecule has 2 aliphatic rings. The summed E-state index contributed by atoms with van der Waals surface area (Å²) < 4.78 is 117. The van der Waals surface area contributed by atoms with Crippen molar-refractivity contribution < 1.29 is 30.4 Å². The lowest BCUT2D eigenvalue weighted by Crippen LogP contribution is -2.36. The first-order valence-electron chi connectivity index (χ1n) is 16.4. The largest absolute Gasteiger partial charge is 0.378 e. The van der Waals surface area contributed by atoms with Crippen molar-refractivity contribution in [3.63, 3.8) is 0 Å². The van der Waals surface area contributed by atoms with Gasteiger partial charge in [0.25, 0.3) is 0 Å². The molecule has 2 N–H and O–H groups in total. The van der Waals surface area contributed by atoms with Crippen LogP contribution in [0.25, 0.3) is 27.9 Å². The molecule has 2 fully saturated rings. The number of rotatable bonds is 5. The maximum absolute atomic E-state index is 15.6. The van der Waals surface area contributed by atoms with Crippen LogP contribution in [-0.2, 0) is 9.53 Å². The van der Waals surface area contributed by atoms with Crippen molar-refractivity contribution in [1.29, 1.82) is 0 Å². The third-order valence-corrected chi connectivity index (χ3v) is 5.65. The van der Waals surface area contributed by atoms with Gasteiger partial charge in [-0.15, -0.1) is 15.3 Å². The minimum absolute atomic E-state index is 0.00683. The first kappa shape index (κ1) is 12.2. The highest BCUT2D eigenvalue weighted by atomic mass is 19.1. The molecule has 4 aromatic rings. The molecule has 1 aliphatic carbocycles. The molecule has 1 saturated heterocycles. The molecule has 2 atom stereocenters. The highest BCUT2D eigenvalue weighted by Gasteiger charge is 2.39. The summed E-state index contributed by atoms with van der Waals surface area (Å²) in [5.74, 6) is -2.15. The number of aromatic nitrogens is 6. The molecule has 180 valence electrons. The van der Waals surface area contributed by atoms with Crippen molar-refractivity contribution in [1.82, 2.24) is 29.8 Å². The first-order valence-corrected chi connectivity index (χ1v) is 10.4. The number of nitrogens with one attached hydrogen (secondary N) is 2. The van der Waals surface area contributed by atoms with Gasteiger partial charge in [0.15, 0.2) is 28.9 Å². The van der Waals surface area contributed by atoms with E-state index in [9.17, 15) is 4.79 Å². The van der Waals surface area contributed by atoms with E-state index in [1.807, 2.05) is 6.92 Å². The summed E-state index contributed by atoms with van der Waals surface area (Å²) in [6.45, 7) is -14.7. The Bertz CT molecular complexity index is 1930. The van der Waals surface area contributed by atoms with Gasteiger partial charge in [0, 0.05) is 53.2 Å². The lowest BCUT2D eigenvalue weighted by molar-refractivity contribution is -0.117. The van der Waals surface area contributed by atoms with Gasteiger partial charge >= 0.3 is 0 Å². The lowest BCUT2D eigenvalue weighted by Gasteiger charge is -2.28. The zero-order valence-electron chi connectivity index (χ0n) is 29.9. The molecule has 1 aliphatic heterocycles. The van der Waals surface area contributed by atoms with Crippen LogP contribution in [0.15, 0.2) is 24.5 Å². The number of anilines is 3. The SMILES string of the molecule is [2H]c1c(N2C([2H])([2H])C([2H])([2H])OC([2H])([2H])C2([2H])[2H])cc(F)c2nc(-c3cnc(NC([2H])([2H])[2H])c4nnc(NC(=O)[C@H]5C[C@H]5C)cc34)nn12. The van der Waals surface area contributed by atoms with Crippen molar-refractivity contribution >= 4 is 39.8 Å². The number of halogens is 1. The average Bonchev–Trinajstić information content (AvgIpc) is 3.49. The van der Waals surface area contributed by atoms with Crippen LogP contribution in [0.4, 0.5) is 21.7 Å². The fourth-order valence-electron chi connectivity index (χ4n) is 3.68. The number of carbonyl (C=O) groups excluding carboxylic acids is 1. The molecule has 4 aromatic heterocycles. The Hall–Kier alpha value is -3.93. The van der Waals surface area contributed by atoms with Crippen LogP contribution in [0.1, 0.15) is 29.8 Å². The zero-order valence-corrected chi connectivity index (χ0v) is 17.9. The Labute approximate surface area is 216 Å². The van der Waals surface area contributed by atoms with Gasteiger partial charge < -0.3 is 20.3 Å². The third kappa shape index (κ3) is 3.89. The topological polar surface area (TPSA) is 122 Å². The van der Waals surface area contributed by atoms with Gasteiger partial charge in [-0.1, -0.05) is 6.92 Å². The fraction of sp³-hybridized carbons (Fsp3) is 0.391. The van der Waals surface area contributed by atoms with E-state index in [0.29, 0.717) is 17.0 Å². The van der Waals surface area contributed by atoms with E-state index < -0.39 is 56.4 Å². The molecule has 0 spiro atoms. The van der Waals surface area contributed by atoms with E-state index in [0.717, 1.165) is 6.20 Å². The summed E-state index contributed by atoms with van der Waals surface area (Å²) in [5, 5.41) is 17.1. The molecule has 0 bridgehead atoms. The standard InChI is InChI=1S/C23H24FN9O2/c1-12-7-14(12)23(34)27-18-9-15-16(10-26-21(25-2)19(15)30-29-18)20-28-22-17(24)8-13(11-33(22)31-20)32-3-5-35-6-4-32/h8-12,14H,3-7H2,1-2H3,(H,25,26)(H,27,29,34)/t12-,14+/m1/s1/i2D3,3D2,4D2,5D2,6D2,11D. The first-order chi connectivity index (χ1) is 21.6. The second kappa shape index (κ2) is 8.38. The molecule has 11 nitrogen and oxygen atoms in total. The Morgan fingerprint density at radius 2 is 2.17 bits per heavy atom. The van der Waals surface area contributed by atoms with Gasteiger partial charge in [0.05, 0.1) is 37.3 Å². The molecule has 0 aromatic carbocycles. The molecular weight excluding hydrogens is 453 g/mol. The monoisotopic (exact) mass is 489 g/mol. The number of hydrogen-bond donors (Lipinski definition) is 2. The van der Waals surface area contributed by atoms with Crippen molar-refractivity contribution in [3.8, 4) is 11.4 Å². The van der Waals surface area contributed by atoms with Gasteiger partial charge in [-0.05, 0) is 18.4 Å². The molecule has 35 heavy (non-hydrogen) atoms. The second-order valence-electron chi connectivity index (χ2n) is 7.97. The third-order valence-electron chi connectivity index (χ3n) is 5.65. The predicted octanol–water partition coefficient (Wildman–Crippen LogP) is 2.35. The average molecular weight is 490 g/mol. The molecule has 12 heteroatoms. The highest BCUT2D eigenvalue weighted by molar-refractivity contribution is 6.01. The van der Waals surface area contributed by atoms with Gasteiger partial charge in [0.1, 0.15) is 5.52 Å². The quantitative estimate of drug-likeness (QED) is 0.435. The van der Waals surface area contributed by atoms with E-state index in [2.05, 4.69) is 40.6 Å². The number of amides is 1. The van der Waals surface area contributed by atoms with E-state index in [4.69, 9.17) is 16.4 Å². The van der Waals surface area contributed by atoms with Crippen molar-refractivity contribution in [3.05, 3.63) is 30.3 Å². The smallest absolute Gasteiger partial charge is 0.228 e. The molecule has 0 radical (unpaired) electrons. The Morgan fingerprint density at radius 3 is 2.94 bits per heavy atom. The van der Waals surface area contributed by atoms with Crippen LogP contribution in [0, 0.1) is 17.7 Å². The van der Waals surface area contributed by atoms with Crippen molar-refractivity contribution in [2.24, 2.45) is 11.8 Å². The summed E-state index contributed by atoms with van der Waals surface area (Å²) in [6, 6.07) is 1.85. The number of pyridine rings is 2. The molecule has 1 saturated carbocycles. The minimum Gasteiger partial charge on any atom is -0.378 e. The number of carbonyl (C=O) groups is 1. The molecule has 6 rings (SSSR count). The summed E-state index contributed by atoms with van der Waals surface area (Å²) in [4.78, 5) is 20.7. The molecular formula is C23H24FN9O2. The number of ether oxygens (including phenoxy) is 1. The number of morpholine rings is 1. The van der Waals surface area contributed by atoms with Crippen LogP contribution < -0.4 is 15.5 Å². The number of fused-ring (bicyclic) bond motifs is 2. The predicted molar refractivity (Wildman–Crippen MR) is 128 cm³/mol. The zero-order chi connectivity index (χ0) is 34.6. The fourth-order valence-corrected chi connectivity index (χ4v) is 3.68. The number of hydrogen-bond acceptors (Lipinski definition) is 9. The maximum atomic E-state index is 15.6. The normalized spacial score (nSPS) is 31.0. The van der Waals surface area contributed by atoms with E-state index in [-0.39, 0.29) is 56.6 Å². The molecule has 5 heterocycles.